The number of carbonyl (C=O) groups is 1. The lowest BCUT2D eigenvalue weighted by Gasteiger charge is -2.11. The van der Waals surface area contributed by atoms with Crippen molar-refractivity contribution in [1.82, 2.24) is 9.97 Å². The maximum Gasteiger partial charge on any atom is 0.226 e. The van der Waals surface area contributed by atoms with Crippen LogP contribution in [0.3, 0.4) is 0 Å². The van der Waals surface area contributed by atoms with E-state index in [0.29, 0.717) is 6.42 Å². The van der Waals surface area contributed by atoms with E-state index in [9.17, 15) is 4.79 Å². The third-order valence-corrected chi connectivity index (χ3v) is 4.12. The lowest BCUT2D eigenvalue weighted by atomic mass is 9.97. The summed E-state index contributed by atoms with van der Waals surface area (Å²) in [4.78, 5) is 19.8. The van der Waals surface area contributed by atoms with Crippen molar-refractivity contribution in [3.05, 3.63) is 46.3 Å². The summed E-state index contributed by atoms with van der Waals surface area (Å²) in [5.41, 5.74) is 2.23. The molecule has 1 aliphatic rings. The molecule has 2 heterocycles. The third kappa shape index (κ3) is 2.94. The smallest absolute Gasteiger partial charge is 0.226 e. The summed E-state index contributed by atoms with van der Waals surface area (Å²) in [6, 6.07) is 7.98. The maximum absolute atomic E-state index is 12.1. The van der Waals surface area contributed by atoms with Gasteiger partial charge in [0.2, 0.25) is 5.91 Å². The van der Waals surface area contributed by atoms with Gasteiger partial charge in [-0.25, -0.2) is 9.97 Å². The molecule has 0 radical (unpaired) electrons. The highest BCUT2D eigenvalue weighted by Crippen LogP contribution is 2.33. The van der Waals surface area contributed by atoms with E-state index < -0.39 is 0 Å². The molecule has 1 atom stereocenters. The molecule has 1 aromatic carbocycles. The molecule has 2 N–H and O–H groups in total. The Balaban J connectivity index is 1.69. The van der Waals surface area contributed by atoms with Crippen LogP contribution in [-0.2, 0) is 4.79 Å². The summed E-state index contributed by atoms with van der Waals surface area (Å²) in [6.07, 6.45) is 1.61. The molecule has 1 unspecified atom stereocenters. The summed E-state index contributed by atoms with van der Waals surface area (Å²) in [6.45, 7) is 0.741. The molecule has 3 rings (SSSR count). The van der Waals surface area contributed by atoms with E-state index in [4.69, 9.17) is 23.2 Å². The number of fused-ring (bicyclic) bond motifs is 1. The quantitative estimate of drug-likeness (QED) is 0.851. The zero-order valence-corrected chi connectivity index (χ0v) is 12.4. The van der Waals surface area contributed by atoms with E-state index in [0.717, 1.165) is 17.8 Å². The lowest BCUT2D eigenvalue weighted by Crippen LogP contribution is -2.17. The van der Waals surface area contributed by atoms with Gasteiger partial charge in [0.15, 0.2) is 11.0 Å². The normalized spacial score (nSPS) is 16.2. The van der Waals surface area contributed by atoms with E-state index in [1.54, 1.807) is 0 Å². The Hall–Kier alpha value is -1.85. The molecule has 1 aliphatic heterocycles. The fourth-order valence-corrected chi connectivity index (χ4v) is 2.66. The Morgan fingerprint density at radius 2 is 2.14 bits per heavy atom. The molecular formula is C14H12Cl2N4O. The largest absolute Gasteiger partial charge is 0.384 e. The molecule has 21 heavy (non-hydrogen) atoms. The van der Waals surface area contributed by atoms with Crippen LogP contribution >= 0.6 is 23.2 Å². The first-order valence-electron chi connectivity index (χ1n) is 6.44. The van der Waals surface area contributed by atoms with Crippen LogP contribution in [0.2, 0.25) is 10.2 Å². The first kappa shape index (κ1) is 14.1. The van der Waals surface area contributed by atoms with Gasteiger partial charge in [0.05, 0.1) is 0 Å². The van der Waals surface area contributed by atoms with Crippen molar-refractivity contribution in [2.45, 2.75) is 12.3 Å². The number of hydrogen-bond donors (Lipinski definition) is 2. The topological polar surface area (TPSA) is 66.9 Å². The number of hydrogen-bond acceptors (Lipinski definition) is 4. The molecule has 1 amide bonds. The second-order valence-electron chi connectivity index (χ2n) is 4.74. The van der Waals surface area contributed by atoms with Crippen LogP contribution in [0, 0.1) is 0 Å². The number of benzene rings is 1. The van der Waals surface area contributed by atoms with Crippen molar-refractivity contribution in [1.29, 1.82) is 0 Å². The van der Waals surface area contributed by atoms with Crippen LogP contribution in [-0.4, -0.2) is 22.4 Å². The Morgan fingerprint density at radius 3 is 3.00 bits per heavy atom. The fourth-order valence-electron chi connectivity index (χ4n) is 2.38. The zero-order valence-electron chi connectivity index (χ0n) is 10.9. The van der Waals surface area contributed by atoms with Crippen LogP contribution in [0.25, 0.3) is 0 Å². The monoisotopic (exact) mass is 322 g/mol. The Bertz CT molecular complexity index is 692. The molecule has 0 spiro atoms. The number of carbonyl (C=O) groups excluding carboxylic acids is 1. The van der Waals surface area contributed by atoms with E-state index in [1.165, 1.54) is 6.33 Å². The highest BCUT2D eigenvalue weighted by Gasteiger charge is 2.24. The van der Waals surface area contributed by atoms with Gasteiger partial charge in [-0.2, -0.15) is 0 Å². The second-order valence-corrected chi connectivity index (χ2v) is 5.48. The first-order chi connectivity index (χ1) is 10.1. The van der Waals surface area contributed by atoms with Gasteiger partial charge in [0.25, 0.3) is 0 Å². The van der Waals surface area contributed by atoms with Crippen molar-refractivity contribution in [3.63, 3.8) is 0 Å². The van der Waals surface area contributed by atoms with E-state index >= 15 is 0 Å². The van der Waals surface area contributed by atoms with Crippen LogP contribution in [0.15, 0.2) is 30.6 Å². The van der Waals surface area contributed by atoms with Gasteiger partial charge >= 0.3 is 0 Å². The molecule has 0 saturated carbocycles. The molecular weight excluding hydrogens is 311 g/mol. The minimum Gasteiger partial charge on any atom is -0.384 e. The summed E-state index contributed by atoms with van der Waals surface area (Å²) < 4.78 is 0. The van der Waals surface area contributed by atoms with E-state index in [2.05, 4.69) is 20.6 Å². The van der Waals surface area contributed by atoms with Crippen LogP contribution in [0.1, 0.15) is 17.9 Å². The highest BCUT2D eigenvalue weighted by molar-refractivity contribution is 6.42. The number of anilines is 2. The molecule has 7 heteroatoms. The third-order valence-electron chi connectivity index (χ3n) is 3.38. The van der Waals surface area contributed by atoms with E-state index in [-0.39, 0.29) is 27.8 Å². The maximum atomic E-state index is 12.1. The molecule has 0 aliphatic carbocycles. The minimum atomic E-state index is -0.157. The highest BCUT2D eigenvalue weighted by atomic mass is 35.5. The molecule has 108 valence electrons. The number of aromatic nitrogens is 2. The molecule has 0 saturated heterocycles. The Morgan fingerprint density at radius 1 is 1.33 bits per heavy atom. The van der Waals surface area contributed by atoms with Crippen molar-refractivity contribution in [3.8, 4) is 0 Å². The summed E-state index contributed by atoms with van der Waals surface area (Å²) >= 11 is 11.7. The van der Waals surface area contributed by atoms with Crippen LogP contribution in [0.5, 0.6) is 0 Å². The van der Waals surface area contributed by atoms with Gasteiger partial charge in [-0.1, -0.05) is 41.4 Å². The summed E-state index contributed by atoms with van der Waals surface area (Å²) in [5.74, 6) is 0.216. The number of para-hydroxylation sites is 1. The fraction of sp³-hybridized carbons (Fsp3) is 0.214. The predicted octanol–water partition coefficient (Wildman–Crippen LogP) is 3.32. The van der Waals surface area contributed by atoms with Gasteiger partial charge in [0.1, 0.15) is 11.3 Å². The number of amides is 1. The lowest BCUT2D eigenvalue weighted by molar-refractivity contribution is -0.116. The van der Waals surface area contributed by atoms with Crippen molar-refractivity contribution in [2.75, 3.05) is 17.2 Å². The van der Waals surface area contributed by atoms with Crippen molar-refractivity contribution >= 4 is 40.6 Å². The average Bonchev–Trinajstić information content (AvgIpc) is 2.87. The Kier molecular flexibility index (Phi) is 3.94. The molecule has 1 aromatic heterocycles. The van der Waals surface area contributed by atoms with Gasteiger partial charge in [-0.05, 0) is 11.6 Å². The average molecular weight is 323 g/mol. The number of nitrogens with zero attached hydrogens (tertiary/aromatic N) is 2. The molecule has 2 aromatic rings. The van der Waals surface area contributed by atoms with Crippen molar-refractivity contribution in [2.24, 2.45) is 0 Å². The number of halogens is 2. The molecule has 0 bridgehead atoms. The van der Waals surface area contributed by atoms with Gasteiger partial charge in [-0.15, -0.1) is 0 Å². The van der Waals surface area contributed by atoms with E-state index in [1.807, 2.05) is 24.3 Å². The zero-order chi connectivity index (χ0) is 14.8. The van der Waals surface area contributed by atoms with Crippen molar-refractivity contribution < 1.29 is 4.79 Å². The standard InChI is InChI=1S/C14H12Cl2N4O/c15-12-13(16)18-7-19-14(12)20-11(21)5-8-6-17-10-4-2-1-3-9(8)10/h1-4,7-8,17H,5-6H2,(H,18,19,20,21). The summed E-state index contributed by atoms with van der Waals surface area (Å²) in [5, 5.41) is 6.23. The first-order valence-corrected chi connectivity index (χ1v) is 7.19. The Labute approximate surface area is 131 Å². The minimum absolute atomic E-state index is 0.120. The van der Waals surface area contributed by atoms with Gasteiger partial charge in [-0.3, -0.25) is 4.79 Å². The predicted molar refractivity (Wildman–Crippen MR) is 83.0 cm³/mol. The second kappa shape index (κ2) is 5.87. The van der Waals surface area contributed by atoms with Gasteiger partial charge in [0, 0.05) is 24.6 Å². The van der Waals surface area contributed by atoms with Crippen LogP contribution in [0.4, 0.5) is 11.5 Å². The number of nitrogens with one attached hydrogen (secondary N) is 2. The number of rotatable bonds is 3. The molecule has 5 nitrogen and oxygen atoms in total. The van der Waals surface area contributed by atoms with Crippen LogP contribution < -0.4 is 10.6 Å². The summed E-state index contributed by atoms with van der Waals surface area (Å²) in [7, 11) is 0. The molecule has 0 fully saturated rings. The SMILES string of the molecule is O=C(CC1CNc2ccccc21)Nc1ncnc(Cl)c1Cl. The van der Waals surface area contributed by atoms with Gasteiger partial charge < -0.3 is 10.6 Å².